The van der Waals surface area contributed by atoms with Crippen molar-refractivity contribution in [2.75, 3.05) is 11.9 Å². The van der Waals surface area contributed by atoms with Crippen LogP contribution in [0.3, 0.4) is 0 Å². The lowest BCUT2D eigenvalue weighted by molar-refractivity contribution is -0.305. The van der Waals surface area contributed by atoms with Gasteiger partial charge in [-0.25, -0.2) is 0 Å². The molecule has 20 heavy (non-hydrogen) atoms. The fourth-order valence-electron chi connectivity index (χ4n) is 1.74. The first-order valence-electron chi connectivity index (χ1n) is 6.02. The van der Waals surface area contributed by atoms with Crippen LogP contribution in [0, 0.1) is 6.92 Å². The largest absolute Gasteiger partial charge is 0.550 e. The van der Waals surface area contributed by atoms with Crippen LogP contribution in [-0.2, 0) is 9.59 Å². The van der Waals surface area contributed by atoms with Gasteiger partial charge in [0, 0.05) is 24.6 Å². The van der Waals surface area contributed by atoms with E-state index in [1.165, 1.54) is 0 Å². The van der Waals surface area contributed by atoms with E-state index in [1.807, 2.05) is 31.2 Å². The summed E-state index contributed by atoms with van der Waals surface area (Å²) in [6.45, 7) is 1.80. The maximum Gasteiger partial charge on any atom is 0.290 e. The van der Waals surface area contributed by atoms with Crippen molar-refractivity contribution in [1.29, 1.82) is 0 Å². The van der Waals surface area contributed by atoms with Crippen molar-refractivity contribution in [3.8, 4) is 0 Å². The van der Waals surface area contributed by atoms with E-state index in [2.05, 4.69) is 5.32 Å². The number of anilines is 1. The zero-order valence-electron chi connectivity index (χ0n) is 10.8. The summed E-state index contributed by atoms with van der Waals surface area (Å²) in [4.78, 5) is 35.0. The summed E-state index contributed by atoms with van der Waals surface area (Å²) in [5.74, 6) is -1.72. The predicted octanol–water partition coefficient (Wildman–Crippen LogP) is 0.568. The molecule has 0 aromatic heterocycles. The number of hydrogen-bond donors (Lipinski definition) is 1. The van der Waals surface area contributed by atoms with Crippen LogP contribution >= 0.6 is 11.8 Å². The maximum absolute atomic E-state index is 12.0. The highest BCUT2D eigenvalue weighted by atomic mass is 32.2. The van der Waals surface area contributed by atoms with Crippen molar-refractivity contribution in [2.45, 2.75) is 18.7 Å². The average molecular weight is 293 g/mol. The van der Waals surface area contributed by atoms with Crippen LogP contribution in [0.15, 0.2) is 24.3 Å². The summed E-state index contributed by atoms with van der Waals surface area (Å²) in [5, 5.41) is 12.2. The fraction of sp³-hybridized carbons (Fsp3) is 0.308. The number of rotatable bonds is 5. The second kappa shape index (κ2) is 5.96. The van der Waals surface area contributed by atoms with Crippen molar-refractivity contribution in [2.24, 2.45) is 0 Å². The van der Waals surface area contributed by atoms with Crippen LogP contribution in [0.4, 0.5) is 10.5 Å². The Balaban J connectivity index is 2.00. The smallest absolute Gasteiger partial charge is 0.290 e. The number of carbonyl (C=O) groups excluding carboxylic acids is 3. The van der Waals surface area contributed by atoms with Crippen LogP contribution in [0.25, 0.3) is 0 Å². The number of carbonyl (C=O) groups is 3. The van der Waals surface area contributed by atoms with Gasteiger partial charge in [0.05, 0.1) is 0 Å². The zero-order chi connectivity index (χ0) is 14.7. The van der Waals surface area contributed by atoms with Crippen LogP contribution in [0.5, 0.6) is 0 Å². The number of imide groups is 1. The summed E-state index contributed by atoms with van der Waals surface area (Å²) in [5.41, 5.74) is 1.82. The normalized spacial score (nSPS) is 18.4. The van der Waals surface area contributed by atoms with Crippen molar-refractivity contribution in [3.63, 3.8) is 0 Å². The van der Waals surface area contributed by atoms with Gasteiger partial charge < -0.3 is 15.2 Å². The van der Waals surface area contributed by atoms with Crippen molar-refractivity contribution in [3.05, 3.63) is 29.8 Å². The molecule has 2 amide bonds. The molecule has 1 atom stereocenters. The van der Waals surface area contributed by atoms with E-state index in [1.54, 1.807) is 0 Å². The Kier molecular flexibility index (Phi) is 4.29. The minimum atomic E-state index is -1.29. The summed E-state index contributed by atoms with van der Waals surface area (Å²) in [7, 11) is 0. The molecule has 2 rings (SSSR count). The third-order valence-electron chi connectivity index (χ3n) is 2.82. The standard InChI is InChI=1S/C13H14N2O4S/c1-8-2-4-9(5-3-8)14-11-12(18)15(13(19)20-11)7-6-10(16)17/h2-5,11,14H,6-7H2,1H3,(H,16,17)/p-1/t11-/m0/s1. The molecule has 0 aliphatic carbocycles. The van der Waals surface area contributed by atoms with E-state index < -0.39 is 22.5 Å². The van der Waals surface area contributed by atoms with Gasteiger partial charge in [0.1, 0.15) is 0 Å². The van der Waals surface area contributed by atoms with Crippen LogP contribution in [-0.4, -0.2) is 33.9 Å². The number of nitrogens with one attached hydrogen (secondary N) is 1. The molecule has 0 radical (unpaired) electrons. The maximum atomic E-state index is 12.0. The van der Waals surface area contributed by atoms with Gasteiger partial charge in [-0.15, -0.1) is 0 Å². The first-order valence-corrected chi connectivity index (χ1v) is 6.90. The number of aliphatic carboxylic acids is 1. The first kappa shape index (κ1) is 14.4. The highest BCUT2D eigenvalue weighted by Gasteiger charge is 2.39. The molecule has 7 heteroatoms. The second-order valence-electron chi connectivity index (χ2n) is 4.39. The Bertz CT molecular complexity index is 544. The Morgan fingerprint density at radius 1 is 1.35 bits per heavy atom. The average Bonchev–Trinajstić information content (AvgIpc) is 2.65. The van der Waals surface area contributed by atoms with E-state index in [-0.39, 0.29) is 13.0 Å². The molecule has 1 aliphatic rings. The Morgan fingerprint density at radius 2 is 2.00 bits per heavy atom. The highest BCUT2D eigenvalue weighted by Crippen LogP contribution is 2.28. The summed E-state index contributed by atoms with van der Waals surface area (Å²) >= 11 is 0.845. The van der Waals surface area contributed by atoms with Crippen LogP contribution in [0.2, 0.25) is 0 Å². The molecule has 1 N–H and O–H groups in total. The summed E-state index contributed by atoms with van der Waals surface area (Å²) < 4.78 is 0. The molecule has 0 spiro atoms. The molecule has 1 heterocycles. The predicted molar refractivity (Wildman–Crippen MR) is 72.9 cm³/mol. The van der Waals surface area contributed by atoms with Gasteiger partial charge in [0.15, 0.2) is 5.37 Å². The number of hydrogen-bond acceptors (Lipinski definition) is 6. The third kappa shape index (κ3) is 3.30. The molecular weight excluding hydrogens is 280 g/mol. The van der Waals surface area contributed by atoms with E-state index in [0.29, 0.717) is 0 Å². The Hall–Kier alpha value is -2.02. The molecule has 0 bridgehead atoms. The Morgan fingerprint density at radius 3 is 2.60 bits per heavy atom. The quantitative estimate of drug-likeness (QED) is 0.853. The van der Waals surface area contributed by atoms with Gasteiger partial charge in [-0.3, -0.25) is 14.5 Å². The Labute approximate surface area is 120 Å². The van der Waals surface area contributed by atoms with E-state index in [9.17, 15) is 19.5 Å². The van der Waals surface area contributed by atoms with Gasteiger partial charge in [0.2, 0.25) is 0 Å². The number of nitrogens with zero attached hydrogens (tertiary/aromatic N) is 1. The van der Waals surface area contributed by atoms with E-state index in [4.69, 9.17) is 0 Å². The van der Waals surface area contributed by atoms with Crippen LogP contribution < -0.4 is 10.4 Å². The van der Waals surface area contributed by atoms with Gasteiger partial charge in [-0.05, 0) is 30.8 Å². The molecule has 1 aromatic carbocycles. The van der Waals surface area contributed by atoms with Crippen LogP contribution in [0.1, 0.15) is 12.0 Å². The van der Waals surface area contributed by atoms with Crippen molar-refractivity contribution in [1.82, 2.24) is 4.90 Å². The molecule has 1 fully saturated rings. The zero-order valence-corrected chi connectivity index (χ0v) is 11.6. The molecule has 106 valence electrons. The van der Waals surface area contributed by atoms with Gasteiger partial charge >= 0.3 is 0 Å². The van der Waals surface area contributed by atoms with Gasteiger partial charge in [-0.1, -0.05) is 17.7 Å². The van der Waals surface area contributed by atoms with Gasteiger partial charge in [-0.2, -0.15) is 0 Å². The number of benzene rings is 1. The number of carboxylic acids is 1. The van der Waals surface area contributed by atoms with E-state index >= 15 is 0 Å². The second-order valence-corrected chi connectivity index (χ2v) is 5.44. The topological polar surface area (TPSA) is 89.5 Å². The minimum Gasteiger partial charge on any atom is -0.550 e. The summed E-state index contributed by atoms with van der Waals surface area (Å²) in [6, 6.07) is 7.42. The lowest BCUT2D eigenvalue weighted by atomic mass is 10.2. The molecule has 6 nitrogen and oxygen atoms in total. The number of aryl methyl sites for hydroxylation is 1. The fourth-order valence-corrected chi connectivity index (χ4v) is 2.68. The monoisotopic (exact) mass is 293 g/mol. The molecular formula is C13H13N2O4S-. The summed E-state index contributed by atoms with van der Waals surface area (Å²) in [6.07, 6.45) is -0.352. The third-order valence-corrected chi connectivity index (χ3v) is 3.80. The SMILES string of the molecule is Cc1ccc(N[C@H]2SC(=O)N(CCC(=O)[O-])C2=O)cc1. The number of amides is 2. The minimum absolute atomic E-state index is 0.154. The first-order chi connectivity index (χ1) is 9.47. The molecule has 0 saturated carbocycles. The highest BCUT2D eigenvalue weighted by molar-refractivity contribution is 8.15. The van der Waals surface area contributed by atoms with Crippen molar-refractivity contribution >= 4 is 34.6 Å². The molecule has 1 saturated heterocycles. The van der Waals surface area contributed by atoms with Gasteiger partial charge in [0.25, 0.3) is 11.1 Å². The number of thioether (sulfide) groups is 1. The molecule has 1 aliphatic heterocycles. The lowest BCUT2D eigenvalue weighted by Crippen LogP contribution is -2.37. The molecule has 0 unspecified atom stereocenters. The molecule has 1 aromatic rings. The van der Waals surface area contributed by atoms with E-state index in [0.717, 1.165) is 27.9 Å². The number of carboxylic acid groups (broad SMARTS) is 1. The van der Waals surface area contributed by atoms with Crippen molar-refractivity contribution < 1.29 is 19.5 Å². The lowest BCUT2D eigenvalue weighted by Gasteiger charge is -2.15.